The highest BCUT2D eigenvalue weighted by molar-refractivity contribution is 5.93. The molecule has 10 aromatic rings. The summed E-state index contributed by atoms with van der Waals surface area (Å²) in [5, 5.41) is 0. The average molecular weight is 1520 g/mol. The lowest BCUT2D eigenvalue weighted by Crippen LogP contribution is -2.65. The first-order valence-electron chi connectivity index (χ1n) is 36.4. The number of methoxy groups -OCH3 is 1. The second kappa shape index (κ2) is 39.2. The van der Waals surface area contributed by atoms with E-state index in [0.29, 0.717) is 0 Å². The molecule has 23 nitrogen and oxygen atoms in total. The van der Waals surface area contributed by atoms with E-state index >= 15 is 9.59 Å². The van der Waals surface area contributed by atoms with Crippen LogP contribution in [0.15, 0.2) is 303 Å². The van der Waals surface area contributed by atoms with E-state index in [9.17, 15) is 24.0 Å². The van der Waals surface area contributed by atoms with Crippen molar-refractivity contribution < 1.29 is 109 Å². The molecule has 0 aromatic heterocycles. The van der Waals surface area contributed by atoms with E-state index in [2.05, 4.69) is 0 Å². The summed E-state index contributed by atoms with van der Waals surface area (Å²) in [7, 11) is 1.45. The van der Waals surface area contributed by atoms with Crippen molar-refractivity contribution >= 4 is 41.8 Å². The number of carbonyl (C=O) groups excluding carboxylic acids is 7. The monoisotopic (exact) mass is 1520 g/mol. The van der Waals surface area contributed by atoms with Crippen LogP contribution in [0.25, 0.3) is 0 Å². The second-order valence-corrected chi connectivity index (χ2v) is 26.2. The van der Waals surface area contributed by atoms with Crippen LogP contribution in [0.3, 0.4) is 0 Å². The molecule has 0 N–H and O–H groups in total. The Morgan fingerprint density at radius 3 is 0.768 bits per heavy atom. The van der Waals surface area contributed by atoms with Crippen LogP contribution in [0.4, 0.5) is 0 Å². The van der Waals surface area contributed by atoms with Gasteiger partial charge in [0.15, 0.2) is 55.5 Å². The molecule has 0 spiro atoms. The maximum Gasteiger partial charge on any atom is 0.338 e. The van der Waals surface area contributed by atoms with Gasteiger partial charge in [-0.15, -0.1) is 0 Å². The van der Waals surface area contributed by atoms with Gasteiger partial charge in [0.2, 0.25) is 0 Å². The highest BCUT2D eigenvalue weighted by atomic mass is 16.8. The number of ether oxygens (including phenoxy) is 16. The quantitative estimate of drug-likeness (QED) is 0.0288. The molecule has 15 atom stereocenters. The third kappa shape index (κ3) is 20.6. The lowest BCUT2D eigenvalue weighted by molar-refractivity contribution is -0.346. The number of esters is 7. The summed E-state index contributed by atoms with van der Waals surface area (Å²) in [6.07, 6.45) is -24.1. The van der Waals surface area contributed by atoms with Crippen LogP contribution in [0.2, 0.25) is 0 Å². The zero-order chi connectivity index (χ0) is 77.4. The summed E-state index contributed by atoms with van der Waals surface area (Å²) in [5.74, 6) is -6.74. The number of carbonyl (C=O) groups is 7. The van der Waals surface area contributed by atoms with E-state index in [1.807, 2.05) is 91.0 Å². The Morgan fingerprint density at radius 1 is 0.232 bits per heavy atom. The topological polar surface area (TPSA) is 267 Å². The minimum atomic E-state index is -1.99. The Kier molecular flexibility index (Phi) is 27.4. The largest absolute Gasteiger partial charge is 0.459 e. The molecule has 0 amide bonds. The van der Waals surface area contributed by atoms with Gasteiger partial charge in [0.25, 0.3) is 0 Å². The number of hydrogen-bond acceptors (Lipinski definition) is 23. The average Bonchev–Trinajstić information content (AvgIpc) is 0.773. The van der Waals surface area contributed by atoms with Crippen molar-refractivity contribution in [1.29, 1.82) is 0 Å². The van der Waals surface area contributed by atoms with Crippen molar-refractivity contribution in [2.45, 2.75) is 112 Å². The molecule has 0 saturated carbocycles. The highest BCUT2D eigenvalue weighted by Gasteiger charge is 2.58. The first-order valence-corrected chi connectivity index (χ1v) is 36.4. The molecule has 3 heterocycles. The standard InChI is InChI=1S/C89H80O23/c1-97-87-77(100-54-60-36-16-4-17-37-60)74(99-53-59-34-14-3-15-35-59)71(98-52-58-32-12-2-13-33-58)68(104-87)56-102-88-79(112-86(96)67-50-30-11-31-51-67)76(110-84(94)65-46-26-9-27-47-65)73(108-82(92)63-42-22-7-23-43-63)70(106-88)57-103-89-78(111-85(95)66-48-28-10-29-49-66)75(109-83(93)64-44-24-8-25-45-64)72(107-81(91)62-40-20-6-21-41-62)69(105-89)55-101-80(90)61-38-18-5-19-39-61/h2-51,68-79,87-89H,52-57H2,1H3/t68-,69-,70-,71-,72-,73+,74+,75+,76+,77-,78-,79-,87+,88-,89-/m1/s1. The predicted octanol–water partition coefficient (Wildman–Crippen LogP) is 12.8. The van der Waals surface area contributed by atoms with Gasteiger partial charge in [0.1, 0.15) is 43.2 Å². The van der Waals surface area contributed by atoms with Crippen LogP contribution in [0.5, 0.6) is 0 Å². The lowest BCUT2D eigenvalue weighted by Gasteiger charge is -2.47. The molecule has 0 bridgehead atoms. The molecular weight excluding hydrogens is 1440 g/mol. The highest BCUT2D eigenvalue weighted by Crippen LogP contribution is 2.38. The lowest BCUT2D eigenvalue weighted by atomic mass is 9.96. The third-order valence-electron chi connectivity index (χ3n) is 18.6. The zero-order valence-corrected chi connectivity index (χ0v) is 60.7. The first kappa shape index (κ1) is 78.3. The summed E-state index contributed by atoms with van der Waals surface area (Å²) in [4.78, 5) is 103. The normalized spacial score (nSPS) is 23.3. The van der Waals surface area contributed by atoms with Crippen molar-refractivity contribution in [1.82, 2.24) is 0 Å². The van der Waals surface area contributed by atoms with Gasteiger partial charge in [-0.1, -0.05) is 218 Å². The Morgan fingerprint density at radius 2 is 0.464 bits per heavy atom. The van der Waals surface area contributed by atoms with E-state index in [-0.39, 0.29) is 58.8 Å². The fraction of sp³-hybridized carbons (Fsp3) is 0.247. The molecule has 3 aliphatic rings. The number of hydrogen-bond donors (Lipinski definition) is 0. The maximum atomic E-state index is 15.1. The fourth-order valence-electron chi connectivity index (χ4n) is 13.0. The summed E-state index contributed by atoms with van der Waals surface area (Å²) < 4.78 is 106. The van der Waals surface area contributed by atoms with Gasteiger partial charge in [-0.2, -0.15) is 0 Å². The van der Waals surface area contributed by atoms with E-state index in [4.69, 9.17) is 75.8 Å². The van der Waals surface area contributed by atoms with Crippen LogP contribution in [-0.4, -0.2) is 161 Å². The van der Waals surface area contributed by atoms with Gasteiger partial charge < -0.3 is 75.8 Å². The van der Waals surface area contributed by atoms with Gasteiger partial charge in [0, 0.05) is 7.11 Å². The molecule has 0 aliphatic carbocycles. The first-order chi connectivity index (χ1) is 54.9. The maximum absolute atomic E-state index is 15.1. The van der Waals surface area contributed by atoms with Crippen molar-refractivity contribution in [3.63, 3.8) is 0 Å². The molecule has 0 radical (unpaired) electrons. The van der Waals surface area contributed by atoms with E-state index in [1.54, 1.807) is 127 Å². The molecule has 0 unspecified atom stereocenters. The van der Waals surface area contributed by atoms with E-state index < -0.39 is 154 Å². The van der Waals surface area contributed by atoms with E-state index in [0.717, 1.165) is 16.7 Å². The molecule has 574 valence electrons. The van der Waals surface area contributed by atoms with Gasteiger partial charge >= 0.3 is 41.8 Å². The smallest absolute Gasteiger partial charge is 0.338 e. The Balaban J connectivity index is 0.927. The number of rotatable bonds is 31. The van der Waals surface area contributed by atoms with Gasteiger partial charge in [0.05, 0.1) is 72.0 Å². The van der Waals surface area contributed by atoms with Crippen LogP contribution in [-0.2, 0) is 95.6 Å². The van der Waals surface area contributed by atoms with Gasteiger partial charge in [-0.05, 0) is 102 Å². The molecule has 112 heavy (non-hydrogen) atoms. The SMILES string of the molecule is CO[C@H]1O[C@H](CO[C@@H]2O[C@H](CO[C@@H]3O[C@H](COC(=O)c4ccccc4)[C@@H](OC(=O)c4ccccc4)[C@H](OC(=O)c4ccccc4)[C@H]3OC(=O)c3ccccc3)[C@H](OC(=O)c3ccccc3)[C@H](OC(=O)c3ccccc3)[C@H]2OC(=O)c2ccccc2)[C@@H](OCc2ccccc2)[C@H](OCc2ccccc2)[C@H]1OCc1ccccc1. The fourth-order valence-corrected chi connectivity index (χ4v) is 13.0. The van der Waals surface area contributed by atoms with E-state index in [1.165, 1.54) is 92.0 Å². The van der Waals surface area contributed by atoms with Crippen molar-refractivity contribution in [3.05, 3.63) is 359 Å². The number of benzene rings is 10. The summed E-state index contributed by atoms with van der Waals surface area (Å²) in [6, 6.07) is 83.4. The molecule has 3 fully saturated rings. The minimum absolute atomic E-state index is 0.00423. The molecule has 10 aromatic carbocycles. The minimum Gasteiger partial charge on any atom is -0.459 e. The van der Waals surface area contributed by atoms with Crippen molar-refractivity contribution in [2.24, 2.45) is 0 Å². The summed E-state index contributed by atoms with van der Waals surface area (Å²) in [6.45, 7) is -1.92. The van der Waals surface area contributed by atoms with Crippen LogP contribution >= 0.6 is 0 Å². The van der Waals surface area contributed by atoms with Crippen LogP contribution in [0, 0.1) is 0 Å². The van der Waals surface area contributed by atoms with Gasteiger partial charge in [-0.3, -0.25) is 0 Å². The van der Waals surface area contributed by atoms with Gasteiger partial charge in [-0.25, -0.2) is 33.6 Å². The van der Waals surface area contributed by atoms with Crippen LogP contribution < -0.4 is 0 Å². The molecule has 23 heteroatoms. The molecule has 13 rings (SSSR count). The molecular formula is C89H80O23. The molecule has 3 saturated heterocycles. The third-order valence-corrected chi connectivity index (χ3v) is 18.6. The molecule has 3 aliphatic heterocycles. The van der Waals surface area contributed by atoms with Crippen molar-refractivity contribution in [2.75, 3.05) is 26.9 Å². The zero-order valence-electron chi connectivity index (χ0n) is 60.7. The second-order valence-electron chi connectivity index (χ2n) is 26.2. The summed E-state index contributed by atoms with van der Waals surface area (Å²) >= 11 is 0. The van der Waals surface area contributed by atoms with Crippen LogP contribution in [0.1, 0.15) is 89.2 Å². The Hall–Kier alpha value is -11.9. The Bertz CT molecular complexity index is 4640. The summed E-state index contributed by atoms with van der Waals surface area (Å²) in [5.41, 5.74) is 2.70. The van der Waals surface area contributed by atoms with Crippen molar-refractivity contribution in [3.8, 4) is 0 Å². The predicted molar refractivity (Wildman–Crippen MR) is 401 cm³/mol. The Labute approximate surface area is 645 Å².